The van der Waals surface area contributed by atoms with Crippen LogP contribution in [0.5, 0.6) is 0 Å². The van der Waals surface area contributed by atoms with Crippen LogP contribution in [0.4, 0.5) is 0 Å². The van der Waals surface area contributed by atoms with E-state index in [4.69, 9.17) is 0 Å². The van der Waals surface area contributed by atoms with Gasteiger partial charge in [-0.1, -0.05) is 26.2 Å². The molecule has 1 aromatic heterocycles. The summed E-state index contributed by atoms with van der Waals surface area (Å²) in [4.78, 5) is 11.3. The predicted molar refractivity (Wildman–Crippen MR) is 83.5 cm³/mol. The number of aromatic nitrogens is 1. The van der Waals surface area contributed by atoms with E-state index < -0.39 is 16.0 Å². The standard InChI is InChI=1S/C15H24N2O4S/c1-3-16-11-13(10-14(16)15(18)19)22(20,21)17(4-2)12-8-6-5-7-9-12/h10-12H,3-9H2,1-2H3,(H,18,19). The van der Waals surface area contributed by atoms with Gasteiger partial charge in [0.25, 0.3) is 0 Å². The van der Waals surface area contributed by atoms with Crippen molar-refractivity contribution in [1.29, 1.82) is 0 Å². The molecule has 1 aromatic rings. The maximum absolute atomic E-state index is 12.9. The van der Waals surface area contributed by atoms with Crippen LogP contribution < -0.4 is 0 Å². The first-order valence-corrected chi connectivity index (χ1v) is 9.31. The Balaban J connectivity index is 2.37. The highest BCUT2D eigenvalue weighted by Crippen LogP contribution is 2.28. The van der Waals surface area contributed by atoms with E-state index in [9.17, 15) is 18.3 Å². The third-order valence-corrected chi connectivity index (χ3v) is 6.32. The van der Waals surface area contributed by atoms with E-state index in [1.165, 1.54) is 21.1 Å². The SMILES string of the molecule is CCN(C1CCCCC1)S(=O)(=O)c1cc(C(=O)O)n(CC)c1. The van der Waals surface area contributed by atoms with E-state index >= 15 is 0 Å². The second kappa shape index (κ2) is 6.83. The number of nitrogens with zero attached hydrogens (tertiary/aromatic N) is 2. The van der Waals surface area contributed by atoms with Crippen molar-refractivity contribution >= 4 is 16.0 Å². The fourth-order valence-electron chi connectivity index (χ4n) is 3.19. The molecule has 0 spiro atoms. The maximum Gasteiger partial charge on any atom is 0.352 e. The van der Waals surface area contributed by atoms with Crippen LogP contribution in [-0.4, -0.2) is 41.0 Å². The van der Waals surface area contributed by atoms with Crippen LogP contribution in [0.15, 0.2) is 17.2 Å². The first-order valence-electron chi connectivity index (χ1n) is 7.87. The summed E-state index contributed by atoms with van der Waals surface area (Å²) in [6.45, 7) is 4.46. The summed E-state index contributed by atoms with van der Waals surface area (Å²) in [6.07, 6.45) is 6.45. The number of rotatable bonds is 6. The Morgan fingerprint density at radius 3 is 2.41 bits per heavy atom. The number of carbonyl (C=O) groups is 1. The highest BCUT2D eigenvalue weighted by atomic mass is 32.2. The van der Waals surface area contributed by atoms with Crippen molar-refractivity contribution < 1.29 is 18.3 Å². The summed E-state index contributed by atoms with van der Waals surface area (Å²) >= 11 is 0. The molecule has 0 unspecified atom stereocenters. The Labute approximate surface area is 131 Å². The van der Waals surface area contributed by atoms with Crippen LogP contribution in [0.25, 0.3) is 0 Å². The Bertz CT molecular complexity index is 630. The number of sulfonamides is 1. The zero-order valence-corrected chi connectivity index (χ0v) is 14.0. The van der Waals surface area contributed by atoms with Crippen molar-refractivity contribution in [2.75, 3.05) is 6.54 Å². The average molecular weight is 328 g/mol. The minimum Gasteiger partial charge on any atom is -0.477 e. The normalized spacial score (nSPS) is 17.0. The quantitative estimate of drug-likeness (QED) is 0.870. The minimum absolute atomic E-state index is 0.0146. The van der Waals surface area contributed by atoms with Crippen LogP contribution in [0.1, 0.15) is 56.4 Å². The molecule has 1 fully saturated rings. The van der Waals surface area contributed by atoms with Crippen molar-refractivity contribution in [3.63, 3.8) is 0 Å². The lowest BCUT2D eigenvalue weighted by atomic mass is 9.95. The highest BCUT2D eigenvalue weighted by Gasteiger charge is 2.32. The number of hydrogen-bond acceptors (Lipinski definition) is 3. The summed E-state index contributed by atoms with van der Waals surface area (Å²) in [7, 11) is -3.65. The molecule has 124 valence electrons. The number of aryl methyl sites for hydroxylation is 1. The Hall–Kier alpha value is -1.34. The number of hydrogen-bond donors (Lipinski definition) is 1. The van der Waals surface area contributed by atoms with Gasteiger partial charge in [0.2, 0.25) is 10.0 Å². The molecule has 0 bridgehead atoms. The molecule has 0 radical (unpaired) electrons. The van der Waals surface area contributed by atoms with Crippen molar-refractivity contribution in [2.45, 2.75) is 63.4 Å². The summed E-state index contributed by atoms with van der Waals surface area (Å²) in [6, 6.07) is 1.30. The predicted octanol–water partition coefficient (Wildman–Crippen LogP) is 2.55. The fraction of sp³-hybridized carbons (Fsp3) is 0.667. The van der Waals surface area contributed by atoms with Gasteiger partial charge in [-0.05, 0) is 25.8 Å². The van der Waals surface area contributed by atoms with Gasteiger partial charge in [0.1, 0.15) is 10.6 Å². The molecule has 1 saturated carbocycles. The molecule has 22 heavy (non-hydrogen) atoms. The van der Waals surface area contributed by atoms with Crippen LogP contribution in [0, 0.1) is 0 Å². The first-order chi connectivity index (χ1) is 10.4. The fourth-order valence-corrected chi connectivity index (χ4v) is 4.93. The number of aromatic carboxylic acids is 1. The molecule has 0 aromatic carbocycles. The van der Waals surface area contributed by atoms with Gasteiger partial charge in [-0.2, -0.15) is 4.31 Å². The summed E-state index contributed by atoms with van der Waals surface area (Å²) in [5.74, 6) is -1.11. The molecular weight excluding hydrogens is 304 g/mol. The third-order valence-electron chi connectivity index (χ3n) is 4.33. The summed E-state index contributed by atoms with van der Waals surface area (Å²) in [5, 5.41) is 9.19. The van der Waals surface area contributed by atoms with E-state index in [2.05, 4.69) is 0 Å². The van der Waals surface area contributed by atoms with Gasteiger partial charge in [0.05, 0.1) is 0 Å². The zero-order chi connectivity index (χ0) is 16.3. The van der Waals surface area contributed by atoms with E-state index in [1.54, 1.807) is 6.92 Å². The van der Waals surface area contributed by atoms with Gasteiger partial charge in [-0.3, -0.25) is 0 Å². The van der Waals surface area contributed by atoms with E-state index in [1.807, 2.05) is 6.92 Å². The van der Waals surface area contributed by atoms with E-state index in [-0.39, 0.29) is 16.6 Å². The lowest BCUT2D eigenvalue weighted by molar-refractivity contribution is 0.0685. The number of carboxylic acid groups (broad SMARTS) is 1. The monoisotopic (exact) mass is 328 g/mol. The minimum atomic E-state index is -3.65. The van der Waals surface area contributed by atoms with Gasteiger partial charge in [-0.15, -0.1) is 0 Å². The molecule has 6 nitrogen and oxygen atoms in total. The molecule has 1 N–H and O–H groups in total. The van der Waals surface area contributed by atoms with Crippen molar-refractivity contribution in [3.8, 4) is 0 Å². The molecule has 1 heterocycles. The summed E-state index contributed by atoms with van der Waals surface area (Å²) in [5.41, 5.74) is 0.0146. The Morgan fingerprint density at radius 2 is 1.95 bits per heavy atom. The molecule has 7 heteroatoms. The smallest absolute Gasteiger partial charge is 0.352 e. The maximum atomic E-state index is 12.9. The number of carboxylic acids is 1. The van der Waals surface area contributed by atoms with Gasteiger partial charge < -0.3 is 9.67 Å². The van der Waals surface area contributed by atoms with Crippen molar-refractivity contribution in [2.24, 2.45) is 0 Å². The highest BCUT2D eigenvalue weighted by molar-refractivity contribution is 7.89. The molecule has 0 amide bonds. The average Bonchev–Trinajstić information content (AvgIpc) is 2.94. The van der Waals surface area contributed by atoms with Gasteiger partial charge in [-0.25, -0.2) is 13.2 Å². The summed E-state index contributed by atoms with van der Waals surface area (Å²) < 4.78 is 28.8. The van der Waals surface area contributed by atoms with Crippen molar-refractivity contribution in [3.05, 3.63) is 18.0 Å². The van der Waals surface area contributed by atoms with Crippen LogP contribution in [0.3, 0.4) is 0 Å². The van der Waals surface area contributed by atoms with Gasteiger partial charge in [0.15, 0.2) is 0 Å². The zero-order valence-electron chi connectivity index (χ0n) is 13.2. The molecule has 0 atom stereocenters. The lowest BCUT2D eigenvalue weighted by Crippen LogP contribution is -2.41. The second-order valence-corrected chi connectivity index (χ2v) is 7.54. The van der Waals surface area contributed by atoms with Crippen LogP contribution >= 0.6 is 0 Å². The molecular formula is C15H24N2O4S. The van der Waals surface area contributed by atoms with Crippen LogP contribution in [-0.2, 0) is 16.6 Å². The molecule has 1 aliphatic rings. The molecule has 2 rings (SSSR count). The van der Waals surface area contributed by atoms with Gasteiger partial charge >= 0.3 is 5.97 Å². The van der Waals surface area contributed by atoms with Crippen molar-refractivity contribution in [1.82, 2.24) is 8.87 Å². The lowest BCUT2D eigenvalue weighted by Gasteiger charge is -2.32. The topological polar surface area (TPSA) is 79.6 Å². The van der Waals surface area contributed by atoms with E-state index in [0.717, 1.165) is 32.1 Å². The largest absolute Gasteiger partial charge is 0.477 e. The Morgan fingerprint density at radius 1 is 1.32 bits per heavy atom. The second-order valence-electron chi connectivity index (χ2n) is 5.65. The first kappa shape index (κ1) is 17.0. The third kappa shape index (κ3) is 3.20. The molecule has 1 aliphatic carbocycles. The molecule has 0 aliphatic heterocycles. The van der Waals surface area contributed by atoms with Gasteiger partial charge in [0, 0.05) is 25.3 Å². The van der Waals surface area contributed by atoms with Crippen LogP contribution in [0.2, 0.25) is 0 Å². The van der Waals surface area contributed by atoms with E-state index in [0.29, 0.717) is 13.1 Å². The molecule has 0 saturated heterocycles. The Kier molecular flexibility index (Phi) is 5.28.